The van der Waals surface area contributed by atoms with Gasteiger partial charge in [-0.05, 0) is 22.9 Å². The number of rotatable bonds is 1. The summed E-state index contributed by atoms with van der Waals surface area (Å²) >= 11 is 1.53. The Hall–Kier alpha value is -1.55. The Bertz CT molecular complexity index is 450. The van der Waals surface area contributed by atoms with Crippen molar-refractivity contribution in [3.05, 3.63) is 29.6 Å². The van der Waals surface area contributed by atoms with Crippen molar-refractivity contribution >= 4 is 33.2 Å². The van der Waals surface area contributed by atoms with Crippen molar-refractivity contribution < 1.29 is 9.90 Å². The Morgan fingerprint density at radius 1 is 1.38 bits per heavy atom. The van der Waals surface area contributed by atoms with Crippen LogP contribution >= 0.6 is 11.3 Å². The normalized spacial score (nSPS) is 10.2. The van der Waals surface area contributed by atoms with E-state index < -0.39 is 6.09 Å². The second kappa shape index (κ2) is 3.06. The van der Waals surface area contributed by atoms with Crippen LogP contribution in [-0.4, -0.2) is 11.2 Å². The number of carbonyl (C=O) groups is 1. The van der Waals surface area contributed by atoms with Crippen LogP contribution in [0.5, 0.6) is 0 Å². The van der Waals surface area contributed by atoms with Gasteiger partial charge >= 0.3 is 6.09 Å². The number of carboxylic acid groups (broad SMARTS) is 1. The molecule has 0 unspecified atom stereocenters. The van der Waals surface area contributed by atoms with Crippen molar-refractivity contribution in [1.29, 1.82) is 0 Å². The molecule has 1 heterocycles. The summed E-state index contributed by atoms with van der Waals surface area (Å²) in [5, 5.41) is 13.9. The largest absolute Gasteiger partial charge is 0.465 e. The summed E-state index contributed by atoms with van der Waals surface area (Å²) in [4.78, 5) is 10.4. The number of nitrogens with one attached hydrogen (secondary N) is 1. The Kier molecular flexibility index (Phi) is 1.90. The fourth-order valence-electron chi connectivity index (χ4n) is 1.21. The van der Waals surface area contributed by atoms with Gasteiger partial charge in [-0.25, -0.2) is 4.79 Å². The van der Waals surface area contributed by atoms with E-state index >= 15 is 0 Å². The molecule has 2 rings (SSSR count). The van der Waals surface area contributed by atoms with Gasteiger partial charge in [-0.15, -0.1) is 11.3 Å². The van der Waals surface area contributed by atoms with Gasteiger partial charge in [-0.2, -0.15) is 0 Å². The van der Waals surface area contributed by atoms with Crippen molar-refractivity contribution in [2.24, 2.45) is 0 Å². The number of amides is 1. The van der Waals surface area contributed by atoms with E-state index in [2.05, 4.69) is 5.32 Å². The fourth-order valence-corrected chi connectivity index (χ4v) is 2.08. The number of benzene rings is 1. The minimum atomic E-state index is -1.03. The molecule has 0 aliphatic heterocycles. The zero-order chi connectivity index (χ0) is 9.26. The molecule has 0 aliphatic rings. The monoisotopic (exact) mass is 193 g/mol. The molecule has 4 heteroatoms. The fraction of sp³-hybridized carbons (Fsp3) is 0. The van der Waals surface area contributed by atoms with E-state index in [-0.39, 0.29) is 0 Å². The van der Waals surface area contributed by atoms with Crippen molar-refractivity contribution in [3.8, 4) is 0 Å². The lowest BCUT2D eigenvalue weighted by Gasteiger charge is -2.00. The molecule has 3 nitrogen and oxygen atoms in total. The van der Waals surface area contributed by atoms with Crippen LogP contribution in [0.3, 0.4) is 0 Å². The molecular formula is C9H7NO2S. The number of anilines is 1. The first kappa shape index (κ1) is 8.07. The quantitative estimate of drug-likeness (QED) is 0.731. The summed E-state index contributed by atoms with van der Waals surface area (Å²) in [6, 6.07) is 7.51. The SMILES string of the molecule is O=C(O)Nc1cccc2ccsc12. The van der Waals surface area contributed by atoms with Crippen LogP contribution < -0.4 is 5.32 Å². The van der Waals surface area contributed by atoms with Gasteiger partial charge in [-0.3, -0.25) is 5.32 Å². The average molecular weight is 193 g/mol. The number of fused-ring (bicyclic) bond motifs is 1. The summed E-state index contributed by atoms with van der Waals surface area (Å²) in [7, 11) is 0. The first-order chi connectivity index (χ1) is 6.27. The predicted molar refractivity (Wildman–Crippen MR) is 53.5 cm³/mol. The Morgan fingerprint density at radius 2 is 2.23 bits per heavy atom. The van der Waals surface area contributed by atoms with Gasteiger partial charge in [-0.1, -0.05) is 12.1 Å². The van der Waals surface area contributed by atoms with Crippen LogP contribution in [0.2, 0.25) is 0 Å². The van der Waals surface area contributed by atoms with E-state index in [0.717, 1.165) is 10.1 Å². The minimum absolute atomic E-state index is 0.653. The molecule has 1 amide bonds. The molecule has 0 saturated heterocycles. The van der Waals surface area contributed by atoms with Crippen molar-refractivity contribution in [1.82, 2.24) is 0 Å². The third-order valence-electron chi connectivity index (χ3n) is 1.72. The van der Waals surface area contributed by atoms with E-state index in [0.29, 0.717) is 5.69 Å². The van der Waals surface area contributed by atoms with Gasteiger partial charge in [0.25, 0.3) is 0 Å². The average Bonchev–Trinajstić information content (AvgIpc) is 2.51. The van der Waals surface area contributed by atoms with Crippen molar-refractivity contribution in [2.45, 2.75) is 0 Å². The van der Waals surface area contributed by atoms with E-state index in [9.17, 15) is 4.79 Å². The number of thiophene rings is 1. The molecule has 0 aliphatic carbocycles. The molecule has 1 aromatic heterocycles. The molecule has 0 fully saturated rings. The van der Waals surface area contributed by atoms with Crippen LogP contribution in [-0.2, 0) is 0 Å². The highest BCUT2D eigenvalue weighted by Crippen LogP contribution is 2.28. The van der Waals surface area contributed by atoms with E-state index in [1.54, 1.807) is 6.07 Å². The Balaban J connectivity index is 2.54. The minimum Gasteiger partial charge on any atom is -0.465 e. The third-order valence-corrected chi connectivity index (χ3v) is 2.68. The lowest BCUT2D eigenvalue weighted by molar-refractivity contribution is 0.210. The molecule has 0 radical (unpaired) electrons. The lowest BCUT2D eigenvalue weighted by Crippen LogP contribution is -2.06. The van der Waals surface area contributed by atoms with Crippen molar-refractivity contribution in [3.63, 3.8) is 0 Å². The molecular weight excluding hydrogens is 186 g/mol. The molecule has 0 saturated carbocycles. The topological polar surface area (TPSA) is 49.3 Å². The van der Waals surface area contributed by atoms with E-state index in [4.69, 9.17) is 5.11 Å². The molecule has 0 spiro atoms. The number of hydrogen-bond donors (Lipinski definition) is 2. The van der Waals surface area contributed by atoms with Crippen LogP contribution in [0, 0.1) is 0 Å². The summed E-state index contributed by atoms with van der Waals surface area (Å²) in [5.74, 6) is 0. The number of hydrogen-bond acceptors (Lipinski definition) is 2. The zero-order valence-electron chi connectivity index (χ0n) is 6.65. The second-order valence-electron chi connectivity index (χ2n) is 2.57. The summed E-state index contributed by atoms with van der Waals surface area (Å²) in [6.07, 6.45) is -1.03. The zero-order valence-corrected chi connectivity index (χ0v) is 7.47. The van der Waals surface area contributed by atoms with Gasteiger partial charge in [0.1, 0.15) is 0 Å². The highest BCUT2D eigenvalue weighted by Gasteiger charge is 2.03. The molecule has 13 heavy (non-hydrogen) atoms. The Labute approximate surface area is 78.6 Å². The first-order valence-corrected chi connectivity index (χ1v) is 4.61. The highest BCUT2D eigenvalue weighted by molar-refractivity contribution is 7.17. The molecule has 2 N–H and O–H groups in total. The summed E-state index contributed by atoms with van der Waals surface area (Å²) in [6.45, 7) is 0. The molecule has 0 atom stereocenters. The van der Waals surface area contributed by atoms with Gasteiger partial charge < -0.3 is 5.11 Å². The van der Waals surface area contributed by atoms with Crippen molar-refractivity contribution in [2.75, 3.05) is 5.32 Å². The second-order valence-corrected chi connectivity index (χ2v) is 3.49. The van der Waals surface area contributed by atoms with Crippen LogP contribution in [0.25, 0.3) is 10.1 Å². The molecule has 66 valence electrons. The third kappa shape index (κ3) is 1.48. The first-order valence-electron chi connectivity index (χ1n) is 3.73. The molecule has 1 aromatic carbocycles. The van der Waals surface area contributed by atoms with Gasteiger partial charge in [0, 0.05) is 0 Å². The smallest absolute Gasteiger partial charge is 0.409 e. The summed E-state index contributed by atoms with van der Waals surface area (Å²) < 4.78 is 0.977. The lowest BCUT2D eigenvalue weighted by atomic mass is 10.2. The Morgan fingerprint density at radius 3 is 3.00 bits per heavy atom. The summed E-state index contributed by atoms with van der Waals surface area (Å²) in [5.41, 5.74) is 0.653. The van der Waals surface area contributed by atoms with Gasteiger partial charge in [0.2, 0.25) is 0 Å². The predicted octanol–water partition coefficient (Wildman–Crippen LogP) is 2.99. The maximum absolute atomic E-state index is 10.4. The van der Waals surface area contributed by atoms with Crippen LogP contribution in [0.4, 0.5) is 10.5 Å². The maximum atomic E-state index is 10.4. The van der Waals surface area contributed by atoms with Crippen LogP contribution in [0.15, 0.2) is 29.6 Å². The maximum Gasteiger partial charge on any atom is 0.409 e. The molecule has 2 aromatic rings. The highest BCUT2D eigenvalue weighted by atomic mass is 32.1. The van der Waals surface area contributed by atoms with Gasteiger partial charge in [0.15, 0.2) is 0 Å². The standard InChI is InChI=1S/C9H7NO2S/c11-9(12)10-7-3-1-2-6-4-5-13-8(6)7/h1-5,10H,(H,11,12). The molecule has 0 bridgehead atoms. The van der Waals surface area contributed by atoms with Gasteiger partial charge in [0.05, 0.1) is 10.4 Å². The van der Waals surface area contributed by atoms with E-state index in [1.165, 1.54) is 11.3 Å². The van der Waals surface area contributed by atoms with E-state index in [1.807, 2.05) is 23.6 Å². The van der Waals surface area contributed by atoms with Crippen LogP contribution in [0.1, 0.15) is 0 Å².